The molecule has 1 amide bonds. The normalized spacial score (nSPS) is 18.1. The number of amides is 1. The number of rotatable bonds is 4. The summed E-state index contributed by atoms with van der Waals surface area (Å²) in [5.41, 5.74) is 1.40. The number of ether oxygens (including phenoxy) is 1. The minimum absolute atomic E-state index is 0.0911. The first-order valence-corrected chi connectivity index (χ1v) is 6.83. The molecule has 0 saturated carbocycles. The number of hydrogen-bond donors (Lipinski definition) is 1. The molecule has 3 rings (SSSR count). The van der Waals surface area contributed by atoms with Crippen LogP contribution in [-0.2, 0) is 4.74 Å². The SMILES string of the molecule is O=C(NC[C@H]1CCCO1)c1ccccc1-n1cccn1. The van der Waals surface area contributed by atoms with Gasteiger partial charge in [-0.05, 0) is 31.0 Å². The highest BCUT2D eigenvalue weighted by molar-refractivity contribution is 5.97. The van der Waals surface area contributed by atoms with Gasteiger partial charge in [-0.25, -0.2) is 4.68 Å². The topological polar surface area (TPSA) is 56.1 Å². The average Bonchev–Trinajstić information content (AvgIpc) is 3.18. The van der Waals surface area contributed by atoms with Crippen molar-refractivity contribution in [3.05, 3.63) is 48.3 Å². The highest BCUT2D eigenvalue weighted by Crippen LogP contribution is 2.14. The quantitative estimate of drug-likeness (QED) is 0.922. The Morgan fingerprint density at radius 3 is 3.05 bits per heavy atom. The zero-order valence-electron chi connectivity index (χ0n) is 11.2. The third-order valence-corrected chi connectivity index (χ3v) is 3.41. The number of benzene rings is 1. The lowest BCUT2D eigenvalue weighted by molar-refractivity contribution is 0.0857. The second kappa shape index (κ2) is 5.88. The first-order chi connectivity index (χ1) is 9.84. The number of nitrogens with zero attached hydrogens (tertiary/aromatic N) is 2. The van der Waals surface area contributed by atoms with E-state index in [9.17, 15) is 4.79 Å². The van der Waals surface area contributed by atoms with E-state index in [1.807, 2.05) is 36.5 Å². The molecule has 2 heterocycles. The van der Waals surface area contributed by atoms with Crippen LogP contribution >= 0.6 is 0 Å². The number of carbonyl (C=O) groups excluding carboxylic acids is 1. The summed E-state index contributed by atoms with van der Waals surface area (Å²) in [6, 6.07) is 9.28. The standard InChI is InChI=1S/C15H17N3O2/c19-15(16-11-12-5-3-10-20-12)13-6-1-2-7-14(13)18-9-4-8-17-18/h1-2,4,6-9,12H,3,5,10-11H2,(H,16,19)/t12-/m1/s1. The Morgan fingerprint density at radius 2 is 2.30 bits per heavy atom. The molecule has 1 aromatic carbocycles. The van der Waals surface area contributed by atoms with E-state index in [2.05, 4.69) is 10.4 Å². The fourth-order valence-electron chi connectivity index (χ4n) is 2.38. The van der Waals surface area contributed by atoms with Crippen molar-refractivity contribution >= 4 is 5.91 Å². The molecule has 0 bridgehead atoms. The van der Waals surface area contributed by atoms with E-state index in [0.717, 1.165) is 25.1 Å². The number of aromatic nitrogens is 2. The summed E-state index contributed by atoms with van der Waals surface area (Å²) in [6.45, 7) is 1.36. The minimum Gasteiger partial charge on any atom is -0.376 e. The molecule has 5 heteroatoms. The Bertz CT molecular complexity index is 575. The van der Waals surface area contributed by atoms with Crippen LogP contribution < -0.4 is 5.32 Å². The van der Waals surface area contributed by atoms with E-state index in [1.165, 1.54) is 0 Å². The first-order valence-electron chi connectivity index (χ1n) is 6.83. The number of carbonyl (C=O) groups is 1. The van der Waals surface area contributed by atoms with Crippen LogP contribution in [0.15, 0.2) is 42.7 Å². The Hall–Kier alpha value is -2.14. The second-order valence-corrected chi connectivity index (χ2v) is 4.81. The molecule has 1 aliphatic rings. The van der Waals surface area contributed by atoms with Gasteiger partial charge >= 0.3 is 0 Å². The maximum Gasteiger partial charge on any atom is 0.253 e. The van der Waals surface area contributed by atoms with Crippen molar-refractivity contribution in [2.75, 3.05) is 13.2 Å². The second-order valence-electron chi connectivity index (χ2n) is 4.81. The first kappa shape index (κ1) is 12.9. The van der Waals surface area contributed by atoms with Gasteiger partial charge in [0.15, 0.2) is 0 Å². The molecule has 1 N–H and O–H groups in total. The van der Waals surface area contributed by atoms with Crippen molar-refractivity contribution < 1.29 is 9.53 Å². The summed E-state index contributed by atoms with van der Waals surface area (Å²) in [6.07, 6.45) is 5.76. The highest BCUT2D eigenvalue weighted by atomic mass is 16.5. The van der Waals surface area contributed by atoms with Crippen LogP contribution in [0.25, 0.3) is 5.69 Å². The molecule has 1 saturated heterocycles. The predicted octanol–water partition coefficient (Wildman–Crippen LogP) is 1.78. The average molecular weight is 271 g/mol. The monoisotopic (exact) mass is 271 g/mol. The summed E-state index contributed by atoms with van der Waals surface area (Å²) in [4.78, 5) is 12.3. The molecule has 5 nitrogen and oxygen atoms in total. The fraction of sp³-hybridized carbons (Fsp3) is 0.333. The van der Waals surface area contributed by atoms with Gasteiger partial charge in [0, 0.05) is 25.5 Å². The summed E-state index contributed by atoms with van der Waals surface area (Å²) in [5.74, 6) is -0.0911. The zero-order chi connectivity index (χ0) is 13.8. The van der Waals surface area contributed by atoms with Crippen LogP contribution in [0.5, 0.6) is 0 Å². The summed E-state index contributed by atoms with van der Waals surface area (Å²) >= 11 is 0. The zero-order valence-corrected chi connectivity index (χ0v) is 11.2. The lowest BCUT2D eigenvalue weighted by Crippen LogP contribution is -2.32. The van der Waals surface area contributed by atoms with Crippen LogP contribution in [0, 0.1) is 0 Å². The smallest absolute Gasteiger partial charge is 0.253 e. The summed E-state index contributed by atoms with van der Waals surface area (Å²) in [7, 11) is 0. The van der Waals surface area contributed by atoms with Crippen LogP contribution in [0.4, 0.5) is 0 Å². The van der Waals surface area contributed by atoms with E-state index in [1.54, 1.807) is 10.9 Å². The number of para-hydroxylation sites is 1. The molecule has 2 aromatic rings. The molecule has 0 radical (unpaired) electrons. The largest absolute Gasteiger partial charge is 0.376 e. The van der Waals surface area contributed by atoms with E-state index in [-0.39, 0.29) is 12.0 Å². The van der Waals surface area contributed by atoms with Gasteiger partial charge in [0.25, 0.3) is 5.91 Å². The van der Waals surface area contributed by atoms with Gasteiger partial charge < -0.3 is 10.1 Å². The summed E-state index contributed by atoms with van der Waals surface area (Å²) in [5, 5.41) is 7.12. The van der Waals surface area contributed by atoms with Gasteiger partial charge in [-0.2, -0.15) is 5.10 Å². The Labute approximate surface area is 117 Å². The molecule has 0 spiro atoms. The van der Waals surface area contributed by atoms with Crippen molar-refractivity contribution in [2.45, 2.75) is 18.9 Å². The Morgan fingerprint density at radius 1 is 1.40 bits per heavy atom. The molecule has 0 aliphatic carbocycles. The molecule has 0 unspecified atom stereocenters. The van der Waals surface area contributed by atoms with E-state index in [0.29, 0.717) is 12.1 Å². The molecular formula is C15H17N3O2. The molecule has 1 atom stereocenters. The van der Waals surface area contributed by atoms with Gasteiger partial charge in [0.2, 0.25) is 0 Å². The molecule has 1 aromatic heterocycles. The van der Waals surface area contributed by atoms with Crippen LogP contribution in [0.1, 0.15) is 23.2 Å². The van der Waals surface area contributed by atoms with Gasteiger partial charge in [0.1, 0.15) is 0 Å². The number of nitrogens with one attached hydrogen (secondary N) is 1. The fourth-order valence-corrected chi connectivity index (χ4v) is 2.38. The van der Waals surface area contributed by atoms with Crippen molar-refractivity contribution in [3.63, 3.8) is 0 Å². The Kier molecular flexibility index (Phi) is 3.78. The highest BCUT2D eigenvalue weighted by Gasteiger charge is 2.18. The van der Waals surface area contributed by atoms with Gasteiger partial charge in [-0.1, -0.05) is 12.1 Å². The van der Waals surface area contributed by atoms with E-state index in [4.69, 9.17) is 4.74 Å². The maximum absolute atomic E-state index is 12.3. The third-order valence-electron chi connectivity index (χ3n) is 3.41. The van der Waals surface area contributed by atoms with E-state index >= 15 is 0 Å². The van der Waals surface area contributed by atoms with Gasteiger partial charge in [-0.3, -0.25) is 4.79 Å². The van der Waals surface area contributed by atoms with Crippen molar-refractivity contribution in [1.29, 1.82) is 0 Å². The van der Waals surface area contributed by atoms with E-state index < -0.39 is 0 Å². The molecule has 20 heavy (non-hydrogen) atoms. The van der Waals surface area contributed by atoms with Crippen molar-refractivity contribution in [1.82, 2.24) is 15.1 Å². The Balaban J connectivity index is 1.74. The minimum atomic E-state index is -0.0911. The predicted molar refractivity (Wildman–Crippen MR) is 74.9 cm³/mol. The van der Waals surface area contributed by atoms with Gasteiger partial charge in [-0.15, -0.1) is 0 Å². The van der Waals surface area contributed by atoms with Crippen LogP contribution in [0.2, 0.25) is 0 Å². The van der Waals surface area contributed by atoms with Crippen molar-refractivity contribution in [3.8, 4) is 5.69 Å². The number of hydrogen-bond acceptors (Lipinski definition) is 3. The van der Waals surface area contributed by atoms with Crippen LogP contribution in [0.3, 0.4) is 0 Å². The lowest BCUT2D eigenvalue weighted by Gasteiger charge is -2.13. The van der Waals surface area contributed by atoms with Gasteiger partial charge in [0.05, 0.1) is 17.4 Å². The maximum atomic E-state index is 12.3. The molecular weight excluding hydrogens is 254 g/mol. The molecule has 1 fully saturated rings. The summed E-state index contributed by atoms with van der Waals surface area (Å²) < 4.78 is 7.20. The third kappa shape index (κ3) is 2.72. The van der Waals surface area contributed by atoms with Crippen LogP contribution in [-0.4, -0.2) is 34.9 Å². The molecule has 104 valence electrons. The van der Waals surface area contributed by atoms with Crippen molar-refractivity contribution in [2.24, 2.45) is 0 Å². The molecule has 1 aliphatic heterocycles. The lowest BCUT2D eigenvalue weighted by atomic mass is 10.1.